The van der Waals surface area contributed by atoms with Gasteiger partial charge in [0.15, 0.2) is 5.25 Å². The van der Waals surface area contributed by atoms with Crippen molar-refractivity contribution in [2.24, 2.45) is 5.41 Å². The second-order valence-corrected chi connectivity index (χ2v) is 6.24. The zero-order chi connectivity index (χ0) is 11.4. The minimum atomic E-state index is -3.46. The highest BCUT2D eigenvalue weighted by molar-refractivity contribution is 7.90. The maximum absolute atomic E-state index is 11.4. The Morgan fingerprint density at radius 2 is 2.00 bits per heavy atom. The monoisotopic (exact) mass is 218 g/mol. The maximum Gasteiger partial charge on any atom is 0.227 e. The molecule has 1 atom stereocenters. The van der Waals surface area contributed by atoms with Crippen LogP contribution in [0.1, 0.15) is 34.1 Å². The molecule has 0 radical (unpaired) electrons. The molecule has 0 aliphatic rings. The van der Waals surface area contributed by atoms with Crippen LogP contribution in [0, 0.1) is 16.7 Å². The molecule has 0 aliphatic heterocycles. The molecule has 0 fully saturated rings. The van der Waals surface area contributed by atoms with Gasteiger partial charge in [-0.1, -0.05) is 20.8 Å². The van der Waals surface area contributed by atoms with Crippen molar-refractivity contribution >= 4 is 10.0 Å². The summed E-state index contributed by atoms with van der Waals surface area (Å²) in [6.45, 7) is 7.71. The predicted molar refractivity (Wildman–Crippen MR) is 56.1 cm³/mol. The number of rotatable bonds is 5. The first-order chi connectivity index (χ1) is 6.25. The molecule has 82 valence electrons. The van der Waals surface area contributed by atoms with E-state index in [2.05, 4.69) is 4.72 Å². The Morgan fingerprint density at radius 1 is 1.50 bits per heavy atom. The summed E-state index contributed by atoms with van der Waals surface area (Å²) >= 11 is 0. The van der Waals surface area contributed by atoms with Gasteiger partial charge in [0, 0.05) is 6.54 Å². The summed E-state index contributed by atoms with van der Waals surface area (Å²) in [6, 6.07) is 1.71. The first-order valence-electron chi connectivity index (χ1n) is 4.63. The van der Waals surface area contributed by atoms with Gasteiger partial charge in [0.1, 0.15) is 0 Å². The topological polar surface area (TPSA) is 70.0 Å². The first-order valence-corrected chi connectivity index (χ1v) is 6.18. The number of hydrogen-bond acceptors (Lipinski definition) is 3. The normalized spacial score (nSPS) is 14.8. The summed E-state index contributed by atoms with van der Waals surface area (Å²) in [6.07, 6.45) is 0.885. The molecule has 14 heavy (non-hydrogen) atoms. The summed E-state index contributed by atoms with van der Waals surface area (Å²) in [7, 11) is -3.46. The zero-order valence-corrected chi connectivity index (χ0v) is 9.98. The molecule has 0 aromatic rings. The molecule has 0 saturated heterocycles. The lowest BCUT2D eigenvalue weighted by Crippen LogP contribution is -2.38. The Labute approximate surface area is 86.4 Å². The standard InChI is InChI=1S/C9H18N2O2S/c1-5-9(3,4)7-11-14(12,13)8(2)6-10/h8,11H,5,7H2,1-4H3. The second-order valence-electron chi connectivity index (χ2n) is 4.16. The van der Waals surface area contributed by atoms with Crippen molar-refractivity contribution in [3.63, 3.8) is 0 Å². The molecule has 1 N–H and O–H groups in total. The highest BCUT2D eigenvalue weighted by Crippen LogP contribution is 2.18. The minimum Gasteiger partial charge on any atom is -0.214 e. The van der Waals surface area contributed by atoms with E-state index in [1.165, 1.54) is 6.92 Å². The molecule has 1 unspecified atom stereocenters. The minimum absolute atomic E-state index is 0.0672. The third kappa shape index (κ3) is 4.07. The summed E-state index contributed by atoms with van der Waals surface area (Å²) in [4.78, 5) is 0. The van der Waals surface area contributed by atoms with E-state index in [4.69, 9.17) is 5.26 Å². The van der Waals surface area contributed by atoms with Crippen molar-refractivity contribution in [3.05, 3.63) is 0 Å². The third-order valence-electron chi connectivity index (χ3n) is 2.36. The van der Waals surface area contributed by atoms with E-state index in [0.717, 1.165) is 6.42 Å². The van der Waals surface area contributed by atoms with Crippen LogP contribution in [0.25, 0.3) is 0 Å². The van der Waals surface area contributed by atoms with E-state index in [9.17, 15) is 8.42 Å². The van der Waals surface area contributed by atoms with Crippen LogP contribution < -0.4 is 4.72 Å². The summed E-state index contributed by atoms with van der Waals surface area (Å²) < 4.78 is 25.2. The van der Waals surface area contributed by atoms with Crippen LogP contribution in [0.15, 0.2) is 0 Å². The van der Waals surface area contributed by atoms with Crippen LogP contribution in [-0.2, 0) is 10.0 Å². The molecule has 0 heterocycles. The van der Waals surface area contributed by atoms with E-state index in [0.29, 0.717) is 6.54 Å². The van der Waals surface area contributed by atoms with Crippen molar-refractivity contribution in [1.29, 1.82) is 5.26 Å². The largest absolute Gasteiger partial charge is 0.227 e. The average molecular weight is 218 g/mol. The van der Waals surface area contributed by atoms with Crippen molar-refractivity contribution < 1.29 is 8.42 Å². The average Bonchev–Trinajstić information content (AvgIpc) is 2.14. The molecular formula is C9H18N2O2S. The Bertz CT molecular complexity index is 314. The molecule has 0 saturated carbocycles. The Hall–Kier alpha value is -0.600. The van der Waals surface area contributed by atoms with Gasteiger partial charge in [0.2, 0.25) is 10.0 Å². The fourth-order valence-electron chi connectivity index (χ4n) is 0.615. The van der Waals surface area contributed by atoms with Crippen molar-refractivity contribution in [1.82, 2.24) is 4.72 Å². The molecule has 0 aromatic carbocycles. The molecule has 5 heteroatoms. The maximum atomic E-state index is 11.4. The number of nitriles is 1. The Morgan fingerprint density at radius 3 is 2.36 bits per heavy atom. The smallest absolute Gasteiger partial charge is 0.214 e. The Balaban J connectivity index is 4.36. The van der Waals surface area contributed by atoms with E-state index in [1.807, 2.05) is 20.8 Å². The lowest BCUT2D eigenvalue weighted by molar-refractivity contribution is 0.350. The molecule has 0 rings (SSSR count). The highest BCUT2D eigenvalue weighted by atomic mass is 32.2. The van der Waals surface area contributed by atoms with Crippen LogP contribution in [0.5, 0.6) is 0 Å². The van der Waals surface area contributed by atoms with Gasteiger partial charge in [-0.3, -0.25) is 0 Å². The lowest BCUT2D eigenvalue weighted by Gasteiger charge is -2.23. The van der Waals surface area contributed by atoms with E-state index >= 15 is 0 Å². The summed E-state index contributed by atoms with van der Waals surface area (Å²) in [5.41, 5.74) is -0.0672. The van der Waals surface area contributed by atoms with Crippen molar-refractivity contribution in [3.8, 4) is 6.07 Å². The predicted octanol–water partition coefficient (Wildman–Crippen LogP) is 1.25. The molecule has 0 bridgehead atoms. The second kappa shape index (κ2) is 4.76. The van der Waals surface area contributed by atoms with Gasteiger partial charge >= 0.3 is 0 Å². The Kier molecular flexibility index (Phi) is 4.56. The van der Waals surface area contributed by atoms with E-state index < -0.39 is 15.3 Å². The zero-order valence-electron chi connectivity index (χ0n) is 9.16. The summed E-state index contributed by atoms with van der Waals surface area (Å²) in [5, 5.41) is 7.50. The molecular weight excluding hydrogens is 200 g/mol. The number of hydrogen-bond donors (Lipinski definition) is 1. The number of nitrogens with zero attached hydrogens (tertiary/aromatic N) is 1. The molecule has 0 amide bonds. The van der Waals surface area contributed by atoms with Gasteiger partial charge in [-0.15, -0.1) is 0 Å². The van der Waals surface area contributed by atoms with Crippen LogP contribution >= 0.6 is 0 Å². The van der Waals surface area contributed by atoms with Gasteiger partial charge < -0.3 is 0 Å². The number of nitrogens with one attached hydrogen (secondary N) is 1. The van der Waals surface area contributed by atoms with Gasteiger partial charge in [0.05, 0.1) is 6.07 Å². The SMILES string of the molecule is CCC(C)(C)CNS(=O)(=O)C(C)C#N. The third-order valence-corrected chi connectivity index (χ3v) is 3.94. The van der Waals surface area contributed by atoms with E-state index in [1.54, 1.807) is 6.07 Å². The highest BCUT2D eigenvalue weighted by Gasteiger charge is 2.23. The lowest BCUT2D eigenvalue weighted by atomic mass is 9.91. The van der Waals surface area contributed by atoms with Crippen molar-refractivity contribution in [2.75, 3.05) is 6.54 Å². The van der Waals surface area contributed by atoms with Gasteiger partial charge in [-0.25, -0.2) is 13.1 Å². The van der Waals surface area contributed by atoms with Crippen molar-refractivity contribution in [2.45, 2.75) is 39.4 Å². The molecule has 4 nitrogen and oxygen atoms in total. The fourth-order valence-corrected chi connectivity index (χ4v) is 1.60. The van der Waals surface area contributed by atoms with Gasteiger partial charge in [-0.2, -0.15) is 5.26 Å². The molecule has 0 spiro atoms. The van der Waals surface area contributed by atoms with E-state index in [-0.39, 0.29) is 5.41 Å². The van der Waals surface area contributed by atoms with Gasteiger partial charge in [-0.05, 0) is 18.8 Å². The molecule has 0 aromatic heterocycles. The summed E-state index contributed by atoms with van der Waals surface area (Å²) in [5.74, 6) is 0. The molecule has 0 aliphatic carbocycles. The first kappa shape index (κ1) is 13.4. The van der Waals surface area contributed by atoms with Crippen LogP contribution in [0.2, 0.25) is 0 Å². The van der Waals surface area contributed by atoms with Crippen LogP contribution in [-0.4, -0.2) is 20.2 Å². The van der Waals surface area contributed by atoms with Gasteiger partial charge in [0.25, 0.3) is 0 Å². The van der Waals surface area contributed by atoms with Crippen LogP contribution in [0.4, 0.5) is 0 Å². The van der Waals surface area contributed by atoms with Crippen LogP contribution in [0.3, 0.4) is 0 Å². The quantitative estimate of drug-likeness (QED) is 0.755. The fraction of sp³-hybridized carbons (Fsp3) is 0.889. The number of sulfonamides is 1.